The number of hydrogen-bond donors (Lipinski definition) is 1. The van der Waals surface area contributed by atoms with E-state index in [0.29, 0.717) is 28.6 Å². The highest BCUT2D eigenvalue weighted by Gasteiger charge is 2.36. The van der Waals surface area contributed by atoms with E-state index in [-0.39, 0.29) is 24.0 Å². The molecule has 0 aromatic heterocycles. The van der Waals surface area contributed by atoms with Crippen LogP contribution in [0.2, 0.25) is 10.0 Å². The van der Waals surface area contributed by atoms with E-state index in [0.717, 1.165) is 25.9 Å². The first-order valence-electron chi connectivity index (χ1n) is 8.65. The van der Waals surface area contributed by atoms with Crippen LogP contribution in [0.25, 0.3) is 0 Å². The van der Waals surface area contributed by atoms with E-state index >= 15 is 0 Å². The second-order valence-corrected chi connectivity index (χ2v) is 7.47. The van der Waals surface area contributed by atoms with Crippen LogP contribution in [0.5, 0.6) is 0 Å². The maximum absolute atomic E-state index is 12.9. The van der Waals surface area contributed by atoms with Gasteiger partial charge in [-0.05, 0) is 50.8 Å². The lowest BCUT2D eigenvalue weighted by molar-refractivity contribution is -0.126. The fourth-order valence-corrected chi connectivity index (χ4v) is 3.88. The van der Waals surface area contributed by atoms with Crippen molar-refractivity contribution in [1.29, 1.82) is 0 Å². The third-order valence-corrected chi connectivity index (χ3v) is 5.43. The number of carbonyl (C=O) groups is 2. The Bertz CT molecular complexity index is 662. The van der Waals surface area contributed by atoms with Crippen LogP contribution in [0.1, 0.15) is 43.0 Å². The molecule has 0 unspecified atom stereocenters. The molecular weight excluding hydrogens is 363 g/mol. The molecular formula is C18H22Cl2N2O3. The van der Waals surface area contributed by atoms with Gasteiger partial charge in [0.15, 0.2) is 0 Å². The minimum absolute atomic E-state index is 0.0527. The summed E-state index contributed by atoms with van der Waals surface area (Å²) in [6, 6.07) is 4.24. The van der Waals surface area contributed by atoms with Gasteiger partial charge in [0.2, 0.25) is 5.91 Å². The number of halogens is 2. The van der Waals surface area contributed by atoms with Gasteiger partial charge in [-0.1, -0.05) is 23.2 Å². The molecule has 136 valence electrons. The van der Waals surface area contributed by atoms with Gasteiger partial charge < -0.3 is 15.0 Å². The molecule has 2 saturated heterocycles. The summed E-state index contributed by atoms with van der Waals surface area (Å²) in [5.41, 5.74) is 0.334. The van der Waals surface area contributed by atoms with E-state index in [1.165, 1.54) is 0 Å². The van der Waals surface area contributed by atoms with Crippen molar-refractivity contribution in [3.8, 4) is 0 Å². The fourth-order valence-electron chi connectivity index (χ4n) is 3.51. The Balaban J connectivity index is 1.70. The highest BCUT2D eigenvalue weighted by atomic mass is 35.5. The molecule has 0 radical (unpaired) electrons. The van der Waals surface area contributed by atoms with Crippen LogP contribution in [-0.2, 0) is 9.53 Å². The van der Waals surface area contributed by atoms with Gasteiger partial charge >= 0.3 is 0 Å². The first-order chi connectivity index (χ1) is 12.0. The molecule has 2 heterocycles. The van der Waals surface area contributed by atoms with Crippen LogP contribution >= 0.6 is 23.2 Å². The topological polar surface area (TPSA) is 58.6 Å². The van der Waals surface area contributed by atoms with Crippen molar-refractivity contribution >= 4 is 35.0 Å². The SMILES string of the molecule is C[C@H](NC(=O)[C@H]1CCCN1C(=O)c1cc(Cl)ccc1Cl)[C@@H]1CCCO1. The molecule has 2 aliphatic rings. The number of ether oxygens (including phenoxy) is 1. The molecule has 1 aromatic carbocycles. The van der Waals surface area contributed by atoms with Crippen molar-refractivity contribution < 1.29 is 14.3 Å². The van der Waals surface area contributed by atoms with E-state index in [1.807, 2.05) is 6.92 Å². The molecule has 3 atom stereocenters. The first-order valence-corrected chi connectivity index (χ1v) is 9.41. The van der Waals surface area contributed by atoms with Gasteiger partial charge in [-0.3, -0.25) is 9.59 Å². The summed E-state index contributed by atoms with van der Waals surface area (Å²) in [4.78, 5) is 27.1. The number of carbonyl (C=O) groups excluding carboxylic acids is 2. The van der Waals surface area contributed by atoms with Gasteiger partial charge in [-0.25, -0.2) is 0 Å². The average Bonchev–Trinajstić information content (AvgIpc) is 3.27. The third-order valence-electron chi connectivity index (χ3n) is 4.87. The maximum atomic E-state index is 12.9. The summed E-state index contributed by atoms with van der Waals surface area (Å²) in [6.07, 6.45) is 3.46. The Morgan fingerprint density at radius 1 is 1.28 bits per heavy atom. The lowest BCUT2D eigenvalue weighted by Gasteiger charge is -2.27. The smallest absolute Gasteiger partial charge is 0.256 e. The molecule has 3 rings (SSSR count). The minimum atomic E-state index is -0.480. The molecule has 0 aliphatic carbocycles. The number of nitrogens with one attached hydrogen (secondary N) is 1. The highest BCUT2D eigenvalue weighted by molar-refractivity contribution is 6.35. The number of rotatable bonds is 4. The van der Waals surface area contributed by atoms with Crippen molar-refractivity contribution in [3.63, 3.8) is 0 Å². The molecule has 2 aliphatic heterocycles. The molecule has 1 aromatic rings. The zero-order valence-corrected chi connectivity index (χ0v) is 15.6. The Morgan fingerprint density at radius 2 is 2.08 bits per heavy atom. The standard InChI is InChI=1S/C18H22Cl2N2O3/c1-11(16-5-3-9-25-16)21-17(23)15-4-2-8-22(15)18(24)13-10-12(19)6-7-14(13)20/h6-7,10-11,15-16H,2-5,8-9H2,1H3,(H,21,23)/t11-,15+,16-/m0/s1. The summed E-state index contributed by atoms with van der Waals surface area (Å²) in [5, 5.41) is 3.79. The molecule has 0 bridgehead atoms. The highest BCUT2D eigenvalue weighted by Crippen LogP contribution is 2.26. The maximum Gasteiger partial charge on any atom is 0.256 e. The van der Waals surface area contributed by atoms with Crippen molar-refractivity contribution in [2.75, 3.05) is 13.2 Å². The minimum Gasteiger partial charge on any atom is -0.376 e. The van der Waals surface area contributed by atoms with Crippen LogP contribution in [0, 0.1) is 0 Å². The van der Waals surface area contributed by atoms with Crippen LogP contribution < -0.4 is 5.32 Å². The zero-order chi connectivity index (χ0) is 18.0. The Kier molecular flexibility index (Phi) is 5.87. The third kappa shape index (κ3) is 4.10. The van der Waals surface area contributed by atoms with Gasteiger partial charge in [-0.15, -0.1) is 0 Å². The van der Waals surface area contributed by atoms with Crippen molar-refractivity contribution in [2.45, 2.75) is 50.8 Å². The second-order valence-electron chi connectivity index (χ2n) is 6.63. The predicted molar refractivity (Wildman–Crippen MR) is 97.1 cm³/mol. The Labute approximate surface area is 157 Å². The lowest BCUT2D eigenvalue weighted by Crippen LogP contribution is -2.50. The lowest BCUT2D eigenvalue weighted by atomic mass is 10.1. The molecule has 7 heteroatoms. The molecule has 2 amide bonds. The number of likely N-dealkylation sites (tertiary alicyclic amines) is 1. The predicted octanol–water partition coefficient (Wildman–Crippen LogP) is 3.28. The van der Waals surface area contributed by atoms with Gasteiger partial charge in [0, 0.05) is 18.2 Å². The van der Waals surface area contributed by atoms with E-state index in [9.17, 15) is 9.59 Å². The molecule has 25 heavy (non-hydrogen) atoms. The van der Waals surface area contributed by atoms with Crippen LogP contribution in [0.4, 0.5) is 0 Å². The summed E-state index contributed by atoms with van der Waals surface area (Å²) >= 11 is 12.1. The number of hydrogen-bond acceptors (Lipinski definition) is 3. The Hall–Kier alpha value is -1.30. The normalized spacial score (nSPS) is 24.4. The summed E-state index contributed by atoms with van der Waals surface area (Å²) < 4.78 is 5.62. The van der Waals surface area contributed by atoms with Gasteiger partial charge in [0.05, 0.1) is 22.7 Å². The zero-order valence-electron chi connectivity index (χ0n) is 14.1. The quantitative estimate of drug-likeness (QED) is 0.866. The van der Waals surface area contributed by atoms with Crippen LogP contribution in [0.3, 0.4) is 0 Å². The van der Waals surface area contributed by atoms with Crippen LogP contribution in [0.15, 0.2) is 18.2 Å². The molecule has 0 saturated carbocycles. The summed E-state index contributed by atoms with van der Waals surface area (Å²) in [5.74, 6) is -0.387. The average molecular weight is 385 g/mol. The van der Waals surface area contributed by atoms with E-state index < -0.39 is 6.04 Å². The summed E-state index contributed by atoms with van der Waals surface area (Å²) in [7, 11) is 0. The monoisotopic (exact) mass is 384 g/mol. The number of amides is 2. The van der Waals surface area contributed by atoms with Crippen LogP contribution in [-0.4, -0.2) is 48.1 Å². The van der Waals surface area contributed by atoms with Crippen molar-refractivity contribution in [2.24, 2.45) is 0 Å². The van der Waals surface area contributed by atoms with E-state index in [2.05, 4.69) is 5.32 Å². The van der Waals surface area contributed by atoms with E-state index in [1.54, 1.807) is 23.1 Å². The summed E-state index contributed by atoms with van der Waals surface area (Å²) in [6.45, 7) is 3.23. The molecule has 1 N–H and O–H groups in total. The molecule has 5 nitrogen and oxygen atoms in total. The largest absolute Gasteiger partial charge is 0.376 e. The number of benzene rings is 1. The fraction of sp³-hybridized carbons (Fsp3) is 0.556. The van der Waals surface area contributed by atoms with Gasteiger partial charge in [0.25, 0.3) is 5.91 Å². The van der Waals surface area contributed by atoms with Gasteiger partial charge in [0.1, 0.15) is 6.04 Å². The second kappa shape index (κ2) is 7.94. The van der Waals surface area contributed by atoms with Gasteiger partial charge in [-0.2, -0.15) is 0 Å². The number of nitrogens with zero attached hydrogens (tertiary/aromatic N) is 1. The molecule has 0 spiro atoms. The molecule has 2 fully saturated rings. The first kappa shape index (κ1) is 18.5. The van der Waals surface area contributed by atoms with E-state index in [4.69, 9.17) is 27.9 Å². The van der Waals surface area contributed by atoms with Crippen molar-refractivity contribution in [3.05, 3.63) is 33.8 Å². The van der Waals surface area contributed by atoms with Crippen molar-refractivity contribution in [1.82, 2.24) is 10.2 Å². The Morgan fingerprint density at radius 3 is 2.80 bits per heavy atom.